The third kappa shape index (κ3) is 3.99. The first-order valence-electron chi connectivity index (χ1n) is 7.04. The lowest BCUT2D eigenvalue weighted by Crippen LogP contribution is -2.33. The molecule has 0 aliphatic carbocycles. The molecule has 0 spiro atoms. The number of carbonyl (C=O) groups excluding carboxylic acids is 2. The minimum absolute atomic E-state index is 0.168. The van der Waals surface area contributed by atoms with Gasteiger partial charge in [-0.25, -0.2) is 0 Å². The first-order chi connectivity index (χ1) is 10.6. The molecular weight excluding hydrogens is 276 g/mol. The molecule has 0 aliphatic heterocycles. The maximum Gasteiger partial charge on any atom is 0.199 e. The standard InChI is InChI=1S/C19H18O3/c1-14(2)13-22-19(17(20)15-9-5-3-6-10-15)18(21)16-11-7-4-8-12-16/h3-12,19H,1,13H2,2H3. The number of ether oxygens (including phenoxy) is 1. The largest absolute Gasteiger partial charge is 0.357 e. The molecule has 0 aromatic heterocycles. The lowest BCUT2D eigenvalue weighted by atomic mass is 9.98. The van der Waals surface area contributed by atoms with Crippen molar-refractivity contribution >= 4 is 11.6 Å². The van der Waals surface area contributed by atoms with Crippen molar-refractivity contribution in [2.24, 2.45) is 0 Å². The van der Waals surface area contributed by atoms with Crippen LogP contribution < -0.4 is 0 Å². The Balaban J connectivity index is 2.28. The Morgan fingerprint density at radius 2 is 1.32 bits per heavy atom. The van der Waals surface area contributed by atoms with Gasteiger partial charge in [0.15, 0.2) is 17.7 Å². The summed E-state index contributed by atoms with van der Waals surface area (Å²) in [6.45, 7) is 5.70. The van der Waals surface area contributed by atoms with E-state index in [0.29, 0.717) is 11.1 Å². The summed E-state index contributed by atoms with van der Waals surface area (Å²) in [5, 5.41) is 0. The molecular formula is C19H18O3. The smallest absolute Gasteiger partial charge is 0.199 e. The van der Waals surface area contributed by atoms with Crippen LogP contribution in [-0.2, 0) is 4.74 Å². The summed E-state index contributed by atoms with van der Waals surface area (Å²) in [5.41, 5.74) is 1.67. The van der Waals surface area contributed by atoms with Gasteiger partial charge in [0.05, 0.1) is 6.61 Å². The van der Waals surface area contributed by atoms with Crippen molar-refractivity contribution < 1.29 is 14.3 Å². The minimum Gasteiger partial charge on any atom is -0.357 e. The van der Waals surface area contributed by atoms with Crippen molar-refractivity contribution in [3.8, 4) is 0 Å². The van der Waals surface area contributed by atoms with E-state index in [-0.39, 0.29) is 18.2 Å². The molecule has 0 saturated heterocycles. The lowest BCUT2D eigenvalue weighted by Gasteiger charge is -2.16. The Labute approximate surface area is 130 Å². The molecule has 0 aliphatic rings. The van der Waals surface area contributed by atoms with Crippen LogP contribution in [0, 0.1) is 0 Å². The zero-order chi connectivity index (χ0) is 15.9. The number of Topliss-reactive ketones (excluding diaryl/α,β-unsaturated/α-hetero) is 2. The van der Waals surface area contributed by atoms with E-state index in [9.17, 15) is 9.59 Å². The van der Waals surface area contributed by atoms with E-state index in [4.69, 9.17) is 4.74 Å². The van der Waals surface area contributed by atoms with Crippen LogP contribution in [0.15, 0.2) is 72.8 Å². The Morgan fingerprint density at radius 1 is 0.909 bits per heavy atom. The normalized spacial score (nSPS) is 10.5. The second-order valence-corrected chi connectivity index (χ2v) is 5.11. The second-order valence-electron chi connectivity index (χ2n) is 5.11. The molecule has 3 nitrogen and oxygen atoms in total. The molecule has 0 atom stereocenters. The first-order valence-corrected chi connectivity index (χ1v) is 7.04. The molecule has 0 radical (unpaired) electrons. The fourth-order valence-corrected chi connectivity index (χ4v) is 2.00. The van der Waals surface area contributed by atoms with E-state index < -0.39 is 6.10 Å². The van der Waals surface area contributed by atoms with Gasteiger partial charge >= 0.3 is 0 Å². The summed E-state index contributed by atoms with van der Waals surface area (Å²) >= 11 is 0. The van der Waals surface area contributed by atoms with Gasteiger partial charge in [-0.1, -0.05) is 72.8 Å². The Hall–Kier alpha value is -2.52. The molecule has 0 heterocycles. The van der Waals surface area contributed by atoms with Crippen molar-refractivity contribution in [3.05, 3.63) is 83.9 Å². The predicted molar refractivity (Wildman–Crippen MR) is 86.1 cm³/mol. The highest BCUT2D eigenvalue weighted by Gasteiger charge is 2.29. The van der Waals surface area contributed by atoms with E-state index in [0.717, 1.165) is 5.57 Å². The van der Waals surface area contributed by atoms with Gasteiger partial charge in [-0.15, -0.1) is 0 Å². The molecule has 0 unspecified atom stereocenters. The van der Waals surface area contributed by atoms with Gasteiger partial charge in [0, 0.05) is 11.1 Å². The predicted octanol–water partition coefficient (Wildman–Crippen LogP) is 3.71. The fraction of sp³-hybridized carbons (Fsp3) is 0.158. The van der Waals surface area contributed by atoms with Crippen LogP contribution in [-0.4, -0.2) is 24.3 Å². The van der Waals surface area contributed by atoms with Crippen molar-refractivity contribution in [2.45, 2.75) is 13.0 Å². The van der Waals surface area contributed by atoms with Crippen molar-refractivity contribution in [1.29, 1.82) is 0 Å². The van der Waals surface area contributed by atoms with E-state index in [1.54, 1.807) is 55.5 Å². The van der Waals surface area contributed by atoms with Gasteiger partial charge in [-0.05, 0) is 6.92 Å². The Morgan fingerprint density at radius 3 is 1.68 bits per heavy atom. The average Bonchev–Trinajstić information content (AvgIpc) is 2.56. The molecule has 0 bridgehead atoms. The topological polar surface area (TPSA) is 43.4 Å². The quantitative estimate of drug-likeness (QED) is 0.444. The summed E-state index contributed by atoms with van der Waals surface area (Å²) in [4.78, 5) is 25.2. The van der Waals surface area contributed by atoms with Crippen molar-refractivity contribution in [2.75, 3.05) is 6.61 Å². The lowest BCUT2D eigenvalue weighted by molar-refractivity contribution is 0.0425. The summed E-state index contributed by atoms with van der Waals surface area (Å²) in [6, 6.07) is 17.4. The molecule has 112 valence electrons. The van der Waals surface area contributed by atoms with E-state index in [1.807, 2.05) is 12.1 Å². The van der Waals surface area contributed by atoms with Gasteiger partial charge in [-0.3, -0.25) is 9.59 Å². The number of carbonyl (C=O) groups is 2. The molecule has 0 amide bonds. The highest BCUT2D eigenvalue weighted by molar-refractivity contribution is 6.18. The van der Waals surface area contributed by atoms with Crippen LogP contribution >= 0.6 is 0 Å². The van der Waals surface area contributed by atoms with Gasteiger partial charge < -0.3 is 4.74 Å². The van der Waals surface area contributed by atoms with E-state index in [2.05, 4.69) is 6.58 Å². The summed E-state index contributed by atoms with van der Waals surface area (Å²) < 4.78 is 5.54. The zero-order valence-electron chi connectivity index (χ0n) is 12.5. The highest BCUT2D eigenvalue weighted by atomic mass is 16.5. The summed E-state index contributed by atoms with van der Waals surface area (Å²) in [7, 11) is 0. The molecule has 2 aromatic rings. The molecule has 2 aromatic carbocycles. The SMILES string of the molecule is C=C(C)COC(C(=O)c1ccccc1)C(=O)c1ccccc1. The molecule has 0 fully saturated rings. The second kappa shape index (κ2) is 7.48. The van der Waals surface area contributed by atoms with Crippen molar-refractivity contribution in [3.63, 3.8) is 0 Å². The molecule has 2 rings (SSSR count). The number of hydrogen-bond donors (Lipinski definition) is 0. The van der Waals surface area contributed by atoms with Crippen LogP contribution in [0.1, 0.15) is 27.6 Å². The van der Waals surface area contributed by atoms with Gasteiger partial charge in [0.2, 0.25) is 0 Å². The highest BCUT2D eigenvalue weighted by Crippen LogP contribution is 2.13. The van der Waals surface area contributed by atoms with Crippen LogP contribution in [0.2, 0.25) is 0 Å². The number of rotatable bonds is 7. The molecule has 22 heavy (non-hydrogen) atoms. The van der Waals surface area contributed by atoms with Gasteiger partial charge in [0.1, 0.15) is 0 Å². The fourth-order valence-electron chi connectivity index (χ4n) is 2.00. The monoisotopic (exact) mass is 294 g/mol. The Bertz CT molecular complexity index is 608. The maximum absolute atomic E-state index is 12.6. The number of ketones is 2. The van der Waals surface area contributed by atoms with Crippen LogP contribution in [0.5, 0.6) is 0 Å². The van der Waals surface area contributed by atoms with E-state index >= 15 is 0 Å². The number of benzene rings is 2. The molecule has 0 saturated carbocycles. The van der Waals surface area contributed by atoms with Crippen molar-refractivity contribution in [1.82, 2.24) is 0 Å². The van der Waals surface area contributed by atoms with Crippen LogP contribution in [0.25, 0.3) is 0 Å². The third-order valence-electron chi connectivity index (χ3n) is 3.09. The van der Waals surface area contributed by atoms with Crippen LogP contribution in [0.4, 0.5) is 0 Å². The van der Waals surface area contributed by atoms with Gasteiger partial charge in [0.25, 0.3) is 0 Å². The average molecular weight is 294 g/mol. The molecule has 3 heteroatoms. The minimum atomic E-state index is -1.15. The van der Waals surface area contributed by atoms with Gasteiger partial charge in [-0.2, -0.15) is 0 Å². The van der Waals surface area contributed by atoms with E-state index in [1.165, 1.54) is 0 Å². The summed E-state index contributed by atoms with van der Waals surface area (Å²) in [6.07, 6.45) is -1.15. The molecule has 0 N–H and O–H groups in total. The first kappa shape index (κ1) is 15.9. The maximum atomic E-state index is 12.6. The summed E-state index contributed by atoms with van der Waals surface area (Å²) in [5.74, 6) is -0.675. The Kier molecular flexibility index (Phi) is 5.39. The van der Waals surface area contributed by atoms with Crippen LogP contribution in [0.3, 0.4) is 0 Å². The number of hydrogen-bond acceptors (Lipinski definition) is 3. The zero-order valence-corrected chi connectivity index (χ0v) is 12.5. The third-order valence-corrected chi connectivity index (χ3v) is 3.09.